The highest BCUT2D eigenvalue weighted by atomic mass is 16.5. The SMILES string of the molecule is COCN1C(=O)CCc2cc(NC3CC(C)(c4ccccc4)C3)ccc21. The molecule has 0 atom stereocenters. The van der Waals surface area contributed by atoms with Crippen LogP contribution in [0.5, 0.6) is 0 Å². The lowest BCUT2D eigenvalue weighted by molar-refractivity contribution is -0.119. The summed E-state index contributed by atoms with van der Waals surface area (Å²) in [5, 5.41) is 3.68. The second-order valence-electron chi connectivity index (χ2n) is 7.76. The Morgan fingerprint density at radius 3 is 2.65 bits per heavy atom. The fourth-order valence-electron chi connectivity index (χ4n) is 4.36. The van der Waals surface area contributed by atoms with Gasteiger partial charge in [-0.25, -0.2) is 0 Å². The van der Waals surface area contributed by atoms with Crippen LogP contribution in [0.2, 0.25) is 0 Å². The summed E-state index contributed by atoms with van der Waals surface area (Å²) in [6.07, 6.45) is 3.64. The van der Waals surface area contributed by atoms with Crippen molar-refractivity contribution in [2.45, 2.75) is 44.1 Å². The molecule has 26 heavy (non-hydrogen) atoms. The van der Waals surface area contributed by atoms with Crippen LogP contribution in [-0.4, -0.2) is 25.8 Å². The Balaban J connectivity index is 1.44. The van der Waals surface area contributed by atoms with E-state index in [-0.39, 0.29) is 11.3 Å². The van der Waals surface area contributed by atoms with Gasteiger partial charge in [0.2, 0.25) is 5.91 Å². The molecule has 2 aromatic carbocycles. The van der Waals surface area contributed by atoms with Crippen molar-refractivity contribution in [1.29, 1.82) is 0 Å². The van der Waals surface area contributed by atoms with Crippen molar-refractivity contribution in [3.63, 3.8) is 0 Å². The van der Waals surface area contributed by atoms with Gasteiger partial charge in [-0.3, -0.25) is 9.69 Å². The number of aryl methyl sites for hydroxylation is 1. The lowest BCUT2D eigenvalue weighted by atomic mass is 9.63. The zero-order valence-corrected chi connectivity index (χ0v) is 15.5. The summed E-state index contributed by atoms with van der Waals surface area (Å²) < 4.78 is 5.18. The summed E-state index contributed by atoms with van der Waals surface area (Å²) >= 11 is 0. The highest BCUT2D eigenvalue weighted by Gasteiger charge is 2.41. The molecule has 1 amide bonds. The average molecular weight is 350 g/mol. The van der Waals surface area contributed by atoms with Crippen molar-refractivity contribution in [2.75, 3.05) is 24.1 Å². The van der Waals surface area contributed by atoms with Gasteiger partial charge >= 0.3 is 0 Å². The first kappa shape index (κ1) is 17.1. The van der Waals surface area contributed by atoms with Gasteiger partial charge in [0.15, 0.2) is 0 Å². The quantitative estimate of drug-likeness (QED) is 0.883. The predicted molar refractivity (Wildman–Crippen MR) is 105 cm³/mol. The molecule has 136 valence electrons. The van der Waals surface area contributed by atoms with Gasteiger partial charge in [0, 0.05) is 30.9 Å². The number of anilines is 2. The summed E-state index contributed by atoms with van der Waals surface area (Å²) in [6, 6.07) is 17.6. The van der Waals surface area contributed by atoms with Crippen molar-refractivity contribution in [3.8, 4) is 0 Å². The van der Waals surface area contributed by atoms with E-state index in [1.54, 1.807) is 12.0 Å². The van der Waals surface area contributed by atoms with Crippen LogP contribution < -0.4 is 10.2 Å². The Bertz CT molecular complexity index is 797. The molecule has 2 aliphatic rings. The van der Waals surface area contributed by atoms with Crippen LogP contribution in [-0.2, 0) is 21.4 Å². The van der Waals surface area contributed by atoms with Gasteiger partial charge in [0.05, 0.1) is 0 Å². The molecule has 0 bridgehead atoms. The molecule has 2 aromatic rings. The monoisotopic (exact) mass is 350 g/mol. The number of amides is 1. The van der Waals surface area contributed by atoms with Crippen LogP contribution in [0, 0.1) is 0 Å². The van der Waals surface area contributed by atoms with E-state index < -0.39 is 0 Å². The lowest BCUT2D eigenvalue weighted by Crippen LogP contribution is -2.46. The Hall–Kier alpha value is -2.33. The molecule has 4 heteroatoms. The van der Waals surface area contributed by atoms with Crippen LogP contribution in [0.1, 0.15) is 37.3 Å². The maximum atomic E-state index is 12.1. The maximum absolute atomic E-state index is 12.1. The fraction of sp³-hybridized carbons (Fsp3) is 0.409. The van der Waals surface area contributed by atoms with E-state index in [9.17, 15) is 4.79 Å². The Labute approximate surface area is 155 Å². The standard InChI is InChI=1S/C22H26N2O2/c1-22(17-6-4-3-5-7-17)13-19(14-22)23-18-9-10-20-16(12-18)8-11-21(25)24(20)15-26-2/h3-7,9-10,12,19,23H,8,11,13-15H2,1-2H3. The molecule has 1 aliphatic carbocycles. The van der Waals surface area contributed by atoms with E-state index in [2.05, 4.69) is 54.7 Å². The van der Waals surface area contributed by atoms with Crippen LogP contribution in [0.3, 0.4) is 0 Å². The largest absolute Gasteiger partial charge is 0.382 e. The third-order valence-electron chi connectivity index (χ3n) is 5.77. The molecule has 0 unspecified atom stereocenters. The fourth-order valence-corrected chi connectivity index (χ4v) is 4.36. The summed E-state index contributed by atoms with van der Waals surface area (Å²) in [7, 11) is 1.62. The van der Waals surface area contributed by atoms with Gasteiger partial charge < -0.3 is 10.1 Å². The second kappa shape index (κ2) is 6.76. The topological polar surface area (TPSA) is 41.6 Å². The van der Waals surface area contributed by atoms with Crippen molar-refractivity contribution in [2.24, 2.45) is 0 Å². The molecule has 1 heterocycles. The molecule has 1 aliphatic heterocycles. The third-order valence-corrected chi connectivity index (χ3v) is 5.77. The smallest absolute Gasteiger partial charge is 0.229 e. The summed E-state index contributed by atoms with van der Waals surface area (Å²) in [4.78, 5) is 13.8. The van der Waals surface area contributed by atoms with Gasteiger partial charge in [-0.05, 0) is 54.0 Å². The Morgan fingerprint density at radius 1 is 1.15 bits per heavy atom. The van der Waals surface area contributed by atoms with E-state index in [0.29, 0.717) is 19.2 Å². The minimum atomic E-state index is 0.137. The van der Waals surface area contributed by atoms with E-state index in [1.807, 2.05) is 6.07 Å². The number of nitrogens with zero attached hydrogens (tertiary/aromatic N) is 1. The number of hydrogen-bond acceptors (Lipinski definition) is 3. The van der Waals surface area contributed by atoms with Gasteiger partial charge in [-0.15, -0.1) is 0 Å². The number of rotatable bonds is 5. The molecule has 0 aromatic heterocycles. The Morgan fingerprint density at radius 2 is 1.92 bits per heavy atom. The lowest BCUT2D eigenvalue weighted by Gasteiger charge is -2.46. The van der Waals surface area contributed by atoms with Crippen molar-refractivity contribution in [3.05, 3.63) is 59.7 Å². The van der Waals surface area contributed by atoms with Gasteiger partial charge in [-0.2, -0.15) is 0 Å². The minimum absolute atomic E-state index is 0.137. The molecule has 1 fully saturated rings. The van der Waals surface area contributed by atoms with Crippen molar-refractivity contribution in [1.82, 2.24) is 0 Å². The highest BCUT2D eigenvalue weighted by molar-refractivity contribution is 5.96. The van der Waals surface area contributed by atoms with Crippen LogP contribution in [0.4, 0.5) is 11.4 Å². The van der Waals surface area contributed by atoms with E-state index in [1.165, 1.54) is 11.1 Å². The van der Waals surface area contributed by atoms with Gasteiger partial charge in [0.1, 0.15) is 6.73 Å². The first-order chi connectivity index (χ1) is 12.6. The van der Waals surface area contributed by atoms with Crippen molar-refractivity contribution >= 4 is 17.3 Å². The number of nitrogens with one attached hydrogen (secondary N) is 1. The van der Waals surface area contributed by atoms with Crippen LogP contribution in [0.15, 0.2) is 48.5 Å². The normalized spacial score (nSPS) is 24.8. The number of ether oxygens (including phenoxy) is 1. The molecule has 4 rings (SSSR count). The molecule has 0 radical (unpaired) electrons. The van der Waals surface area contributed by atoms with E-state index >= 15 is 0 Å². The average Bonchev–Trinajstić information content (AvgIpc) is 2.63. The molecule has 4 nitrogen and oxygen atoms in total. The molecule has 0 spiro atoms. The van der Waals surface area contributed by atoms with Crippen LogP contribution >= 0.6 is 0 Å². The summed E-state index contributed by atoms with van der Waals surface area (Å²) in [5.41, 5.74) is 5.05. The maximum Gasteiger partial charge on any atom is 0.229 e. The summed E-state index contributed by atoms with van der Waals surface area (Å²) in [6.45, 7) is 2.66. The number of hydrogen-bond donors (Lipinski definition) is 1. The molecular formula is C22H26N2O2. The number of carbonyl (C=O) groups is 1. The van der Waals surface area contributed by atoms with E-state index in [4.69, 9.17) is 4.74 Å². The Kier molecular flexibility index (Phi) is 4.45. The number of fused-ring (bicyclic) bond motifs is 1. The minimum Gasteiger partial charge on any atom is -0.382 e. The predicted octanol–water partition coefficient (Wildman–Crippen LogP) is 4.10. The van der Waals surface area contributed by atoms with Gasteiger partial charge in [-0.1, -0.05) is 37.3 Å². The zero-order chi connectivity index (χ0) is 18.1. The number of methoxy groups -OCH3 is 1. The summed E-state index contributed by atoms with van der Waals surface area (Å²) in [5.74, 6) is 0.137. The molecule has 1 N–H and O–H groups in total. The molecule has 0 saturated heterocycles. The van der Waals surface area contributed by atoms with Crippen molar-refractivity contribution < 1.29 is 9.53 Å². The first-order valence-corrected chi connectivity index (χ1v) is 9.33. The van der Waals surface area contributed by atoms with Gasteiger partial charge in [0.25, 0.3) is 0 Å². The number of carbonyl (C=O) groups excluding carboxylic acids is 1. The van der Waals surface area contributed by atoms with Crippen LogP contribution in [0.25, 0.3) is 0 Å². The highest BCUT2D eigenvalue weighted by Crippen LogP contribution is 2.44. The first-order valence-electron chi connectivity index (χ1n) is 9.33. The van der Waals surface area contributed by atoms with E-state index in [0.717, 1.165) is 30.6 Å². The zero-order valence-electron chi connectivity index (χ0n) is 15.5. The second-order valence-corrected chi connectivity index (χ2v) is 7.76. The molecular weight excluding hydrogens is 324 g/mol. The third kappa shape index (κ3) is 3.10. The molecule has 1 saturated carbocycles. The number of benzene rings is 2.